The van der Waals surface area contributed by atoms with Gasteiger partial charge in [-0.2, -0.15) is 0 Å². The van der Waals surface area contributed by atoms with Gasteiger partial charge in [-0.15, -0.1) is 0 Å². The number of methoxy groups -OCH3 is 1. The normalized spacial score (nSPS) is 8.32. The van der Waals surface area contributed by atoms with E-state index in [4.69, 9.17) is 0 Å². The summed E-state index contributed by atoms with van der Waals surface area (Å²) in [4.78, 5) is 33.4. The highest BCUT2D eigenvalue weighted by Crippen LogP contribution is 2.04. The van der Waals surface area contributed by atoms with E-state index in [1.807, 2.05) is 27.7 Å². The summed E-state index contributed by atoms with van der Waals surface area (Å²) < 4.78 is 5.80. The molecule has 1 aromatic heterocycles. The van der Waals surface area contributed by atoms with Gasteiger partial charge in [0.25, 0.3) is 0 Å². The number of esters is 1. The number of hydrogen-bond acceptors (Lipinski definition) is 4. The van der Waals surface area contributed by atoms with Crippen molar-refractivity contribution in [3.63, 3.8) is 0 Å². The topological polar surface area (TPSA) is 65.4 Å². The Labute approximate surface area is 114 Å². The Hall–Kier alpha value is -1.91. The van der Waals surface area contributed by atoms with Crippen LogP contribution in [0, 0.1) is 0 Å². The summed E-state index contributed by atoms with van der Waals surface area (Å²) in [6.07, 6.45) is 1.24. The van der Waals surface area contributed by atoms with Gasteiger partial charge in [-0.3, -0.25) is 9.59 Å². The molecule has 0 aliphatic rings. The molecule has 19 heavy (non-hydrogen) atoms. The predicted molar refractivity (Wildman–Crippen MR) is 74.1 cm³/mol. The first-order chi connectivity index (χ1) is 9.06. The Kier molecular flexibility index (Phi) is 11.4. The molecule has 0 atom stereocenters. The maximum atomic E-state index is 11.5. The third-order valence-electron chi connectivity index (χ3n) is 1.96. The maximum absolute atomic E-state index is 11.5. The minimum absolute atomic E-state index is 0.391. The highest BCUT2D eigenvalue weighted by molar-refractivity contribution is 6.38. The third kappa shape index (κ3) is 6.55. The van der Waals surface area contributed by atoms with E-state index < -0.39 is 24.0 Å². The molecule has 0 saturated heterocycles. The van der Waals surface area contributed by atoms with E-state index in [9.17, 15) is 14.4 Å². The Morgan fingerprint density at radius 1 is 1.16 bits per heavy atom. The van der Waals surface area contributed by atoms with Gasteiger partial charge in [-0.05, 0) is 12.1 Å². The molecule has 0 amide bonds. The van der Waals surface area contributed by atoms with Crippen LogP contribution < -0.4 is 0 Å². The van der Waals surface area contributed by atoms with Gasteiger partial charge in [0.2, 0.25) is 5.78 Å². The number of Topliss-reactive ketones (excluding diaryl/α,β-unsaturated/α-hetero) is 2. The quantitative estimate of drug-likeness (QED) is 0.364. The summed E-state index contributed by atoms with van der Waals surface area (Å²) in [6, 6.07) is 3.28. The number of ketones is 2. The molecular formula is C14H23NO4. The third-order valence-corrected chi connectivity index (χ3v) is 1.96. The van der Waals surface area contributed by atoms with Gasteiger partial charge < -0.3 is 9.30 Å². The zero-order valence-corrected chi connectivity index (χ0v) is 12.5. The maximum Gasteiger partial charge on any atom is 0.374 e. The van der Waals surface area contributed by atoms with E-state index in [0.717, 1.165) is 7.11 Å². The number of rotatable bonds is 4. The Bertz CT molecular complexity index is 407. The van der Waals surface area contributed by atoms with Crippen LogP contribution in [-0.4, -0.2) is 29.2 Å². The average Bonchev–Trinajstić information content (AvgIpc) is 2.88. The van der Waals surface area contributed by atoms with Gasteiger partial charge >= 0.3 is 5.97 Å². The molecule has 0 aliphatic heterocycles. The molecule has 1 rings (SSSR count). The molecule has 0 N–H and O–H groups in total. The fourth-order valence-electron chi connectivity index (χ4n) is 1.17. The predicted octanol–water partition coefficient (Wildman–Crippen LogP) is 2.39. The number of hydrogen-bond donors (Lipinski definition) is 0. The second-order valence-corrected chi connectivity index (χ2v) is 3.02. The van der Waals surface area contributed by atoms with Gasteiger partial charge in [0.1, 0.15) is 0 Å². The van der Waals surface area contributed by atoms with Crippen molar-refractivity contribution < 1.29 is 19.1 Å². The van der Waals surface area contributed by atoms with Crippen LogP contribution >= 0.6 is 0 Å². The van der Waals surface area contributed by atoms with Crippen molar-refractivity contribution in [3.8, 4) is 0 Å². The second kappa shape index (κ2) is 11.2. The van der Waals surface area contributed by atoms with E-state index in [0.29, 0.717) is 5.69 Å². The Morgan fingerprint density at radius 3 is 2.05 bits per heavy atom. The molecule has 0 saturated carbocycles. The molecule has 0 unspecified atom stereocenters. The minimum atomic E-state index is -0.988. The van der Waals surface area contributed by atoms with E-state index in [1.165, 1.54) is 0 Å². The van der Waals surface area contributed by atoms with Crippen LogP contribution in [0.1, 0.15) is 44.6 Å². The Morgan fingerprint density at radius 2 is 1.68 bits per heavy atom. The Balaban J connectivity index is 0. The smallest absolute Gasteiger partial charge is 0.374 e. The largest absolute Gasteiger partial charge is 0.463 e. The van der Waals surface area contributed by atoms with E-state index in [-0.39, 0.29) is 0 Å². The molecule has 5 nitrogen and oxygen atoms in total. The zero-order chi connectivity index (χ0) is 15.4. The van der Waals surface area contributed by atoms with Crippen molar-refractivity contribution in [2.45, 2.75) is 34.1 Å². The van der Waals surface area contributed by atoms with Crippen LogP contribution in [0.2, 0.25) is 0 Å². The summed E-state index contributed by atoms with van der Waals surface area (Å²) in [5.41, 5.74) is 0.396. The van der Waals surface area contributed by atoms with Crippen molar-refractivity contribution in [2.75, 3.05) is 7.11 Å². The number of carbonyl (C=O) groups is 3. The molecule has 1 aromatic rings. The lowest BCUT2D eigenvalue weighted by atomic mass is 10.1. The molecule has 0 fully saturated rings. The van der Waals surface area contributed by atoms with Crippen LogP contribution in [0.25, 0.3) is 0 Å². The summed E-state index contributed by atoms with van der Waals surface area (Å²) in [5.74, 6) is -2.21. The minimum Gasteiger partial charge on any atom is -0.463 e. The van der Waals surface area contributed by atoms with E-state index >= 15 is 0 Å². The first-order valence-electron chi connectivity index (χ1n) is 6.32. The zero-order valence-electron chi connectivity index (χ0n) is 12.5. The average molecular weight is 269 g/mol. The first kappa shape index (κ1) is 19.4. The molecule has 0 aliphatic carbocycles. The second-order valence-electron chi connectivity index (χ2n) is 3.02. The highest BCUT2D eigenvalue weighted by atomic mass is 16.5. The van der Waals surface area contributed by atoms with E-state index in [1.54, 1.807) is 29.9 Å². The van der Waals surface area contributed by atoms with Gasteiger partial charge in [0, 0.05) is 13.2 Å². The molecule has 5 heteroatoms. The van der Waals surface area contributed by atoms with Gasteiger partial charge in [0.15, 0.2) is 5.78 Å². The number of ether oxygens (including phenoxy) is 1. The summed E-state index contributed by atoms with van der Waals surface area (Å²) in [5, 5.41) is 0. The number of nitrogens with zero attached hydrogens (tertiary/aromatic N) is 1. The van der Waals surface area contributed by atoms with Crippen molar-refractivity contribution in [1.29, 1.82) is 0 Å². The van der Waals surface area contributed by atoms with E-state index in [2.05, 4.69) is 4.74 Å². The molecular weight excluding hydrogens is 246 g/mol. The van der Waals surface area contributed by atoms with Crippen LogP contribution in [0.15, 0.2) is 18.3 Å². The summed E-state index contributed by atoms with van der Waals surface area (Å²) >= 11 is 0. The highest BCUT2D eigenvalue weighted by Gasteiger charge is 2.20. The first-order valence-corrected chi connectivity index (χ1v) is 6.32. The van der Waals surface area contributed by atoms with Crippen molar-refractivity contribution >= 4 is 17.5 Å². The van der Waals surface area contributed by atoms with Crippen LogP contribution in [0.5, 0.6) is 0 Å². The van der Waals surface area contributed by atoms with Crippen molar-refractivity contribution in [1.82, 2.24) is 4.57 Å². The number of aryl methyl sites for hydroxylation is 1. The molecule has 108 valence electrons. The SMILES string of the molecule is CC.CC.COC(=O)C(=O)CC(=O)c1cccn1C. The number of carbonyl (C=O) groups excluding carboxylic acids is 3. The van der Waals surface area contributed by atoms with Crippen molar-refractivity contribution in [2.24, 2.45) is 7.05 Å². The fraction of sp³-hybridized carbons (Fsp3) is 0.500. The van der Waals surface area contributed by atoms with Crippen LogP contribution in [0.4, 0.5) is 0 Å². The summed E-state index contributed by atoms with van der Waals surface area (Å²) in [7, 11) is 2.79. The number of aromatic nitrogens is 1. The van der Waals surface area contributed by atoms with Crippen LogP contribution in [-0.2, 0) is 21.4 Å². The monoisotopic (exact) mass is 269 g/mol. The molecule has 1 heterocycles. The standard InChI is InChI=1S/C10H11NO4.2C2H6/c1-11-5-3-4-7(11)8(12)6-9(13)10(14)15-2;2*1-2/h3-5H,6H2,1-2H3;2*1-2H3. The van der Waals surface area contributed by atoms with Gasteiger partial charge in [-0.1, -0.05) is 27.7 Å². The van der Waals surface area contributed by atoms with Gasteiger partial charge in [-0.25, -0.2) is 4.79 Å². The fourth-order valence-corrected chi connectivity index (χ4v) is 1.17. The lowest BCUT2D eigenvalue weighted by Crippen LogP contribution is -2.20. The molecule has 0 aromatic carbocycles. The lowest BCUT2D eigenvalue weighted by molar-refractivity contribution is -0.151. The molecule has 0 radical (unpaired) electrons. The van der Waals surface area contributed by atoms with Gasteiger partial charge in [0.05, 0.1) is 19.2 Å². The molecule has 0 spiro atoms. The molecule has 0 bridgehead atoms. The lowest BCUT2D eigenvalue weighted by Gasteiger charge is -2.00. The van der Waals surface area contributed by atoms with Crippen molar-refractivity contribution in [3.05, 3.63) is 24.0 Å². The summed E-state index contributed by atoms with van der Waals surface area (Å²) in [6.45, 7) is 8.00. The van der Waals surface area contributed by atoms with Crippen LogP contribution in [0.3, 0.4) is 0 Å².